The molecule has 1 N–H and O–H groups in total. The average Bonchev–Trinajstić information content (AvgIpc) is 3.04. The standard InChI is InChI=1S/C15H17FN2O5/c1-23-13-6-11(12(18(21)22)5-10(13)16)17-7-9-3-2-4-15(9,8-17)14(19)20/h5-6,9H,2-4,7-8H2,1H3,(H,19,20)/t9-,15+/m0/s1. The lowest BCUT2D eigenvalue weighted by atomic mass is 9.81. The Bertz CT molecular complexity index is 680. The molecule has 2 fully saturated rings. The summed E-state index contributed by atoms with van der Waals surface area (Å²) in [5, 5.41) is 20.9. The number of anilines is 1. The lowest BCUT2D eigenvalue weighted by Crippen LogP contribution is -2.35. The summed E-state index contributed by atoms with van der Waals surface area (Å²) in [6.07, 6.45) is 2.20. The van der Waals surface area contributed by atoms with E-state index >= 15 is 0 Å². The van der Waals surface area contributed by atoms with E-state index in [4.69, 9.17) is 4.74 Å². The van der Waals surface area contributed by atoms with Gasteiger partial charge in [-0.15, -0.1) is 0 Å². The lowest BCUT2D eigenvalue weighted by Gasteiger charge is -2.24. The van der Waals surface area contributed by atoms with Crippen molar-refractivity contribution in [3.63, 3.8) is 0 Å². The van der Waals surface area contributed by atoms with Crippen molar-refractivity contribution in [2.45, 2.75) is 19.3 Å². The molecule has 0 bridgehead atoms. The number of carbonyl (C=O) groups is 1. The number of rotatable bonds is 4. The number of benzene rings is 1. The maximum atomic E-state index is 13.8. The minimum atomic E-state index is -0.866. The Labute approximate surface area is 131 Å². The Hall–Kier alpha value is -2.38. The molecule has 1 aromatic carbocycles. The highest BCUT2D eigenvalue weighted by Crippen LogP contribution is 2.51. The van der Waals surface area contributed by atoms with Crippen LogP contribution in [0.1, 0.15) is 19.3 Å². The zero-order chi connectivity index (χ0) is 16.8. The van der Waals surface area contributed by atoms with Gasteiger partial charge in [-0.25, -0.2) is 4.39 Å². The topological polar surface area (TPSA) is 92.9 Å². The van der Waals surface area contributed by atoms with Crippen molar-refractivity contribution in [3.8, 4) is 5.75 Å². The molecule has 1 aromatic rings. The van der Waals surface area contributed by atoms with Gasteiger partial charge in [0.15, 0.2) is 11.6 Å². The molecular formula is C15H17FN2O5. The highest BCUT2D eigenvalue weighted by atomic mass is 19.1. The summed E-state index contributed by atoms with van der Waals surface area (Å²) in [5.74, 6) is -1.81. The first-order chi connectivity index (χ1) is 10.9. The van der Waals surface area contributed by atoms with Gasteiger partial charge in [-0.2, -0.15) is 0 Å². The van der Waals surface area contributed by atoms with Crippen molar-refractivity contribution >= 4 is 17.3 Å². The van der Waals surface area contributed by atoms with Gasteiger partial charge in [0.05, 0.1) is 23.5 Å². The van der Waals surface area contributed by atoms with Crippen molar-refractivity contribution in [3.05, 3.63) is 28.1 Å². The molecule has 23 heavy (non-hydrogen) atoms. The number of aliphatic carboxylic acids is 1. The van der Waals surface area contributed by atoms with Crippen LogP contribution in [0.5, 0.6) is 5.75 Å². The number of nitrogens with zero attached hydrogens (tertiary/aromatic N) is 2. The van der Waals surface area contributed by atoms with E-state index in [0.717, 1.165) is 18.9 Å². The third-order valence-corrected chi connectivity index (χ3v) is 5.08. The van der Waals surface area contributed by atoms with Gasteiger partial charge in [0.2, 0.25) is 0 Å². The van der Waals surface area contributed by atoms with E-state index in [1.807, 2.05) is 0 Å². The number of nitro groups is 1. The number of fused-ring (bicyclic) bond motifs is 1. The molecule has 1 saturated carbocycles. The Kier molecular flexibility index (Phi) is 3.62. The molecule has 2 aliphatic rings. The summed E-state index contributed by atoms with van der Waals surface area (Å²) >= 11 is 0. The predicted octanol–water partition coefficient (Wildman–Crippen LogP) is 2.43. The molecule has 7 nitrogen and oxygen atoms in total. The van der Waals surface area contributed by atoms with Gasteiger partial charge in [0, 0.05) is 19.2 Å². The summed E-state index contributed by atoms with van der Waals surface area (Å²) in [7, 11) is 1.28. The average molecular weight is 324 g/mol. The number of methoxy groups -OCH3 is 1. The first-order valence-corrected chi connectivity index (χ1v) is 7.39. The first-order valence-electron chi connectivity index (χ1n) is 7.39. The normalized spacial score (nSPS) is 26.2. The first kappa shape index (κ1) is 15.5. The maximum absolute atomic E-state index is 13.8. The van der Waals surface area contributed by atoms with Crippen LogP contribution >= 0.6 is 0 Å². The van der Waals surface area contributed by atoms with E-state index < -0.39 is 22.1 Å². The van der Waals surface area contributed by atoms with Crippen LogP contribution in [-0.2, 0) is 4.79 Å². The minimum Gasteiger partial charge on any atom is -0.494 e. The van der Waals surface area contributed by atoms with Gasteiger partial charge in [-0.05, 0) is 18.8 Å². The van der Waals surface area contributed by atoms with Crippen LogP contribution in [0.15, 0.2) is 12.1 Å². The van der Waals surface area contributed by atoms with Crippen molar-refractivity contribution in [1.29, 1.82) is 0 Å². The number of carboxylic acids is 1. The monoisotopic (exact) mass is 324 g/mol. The van der Waals surface area contributed by atoms with Crippen LogP contribution < -0.4 is 9.64 Å². The minimum absolute atomic E-state index is 0.0457. The van der Waals surface area contributed by atoms with Gasteiger partial charge in [0.1, 0.15) is 5.69 Å². The van der Waals surface area contributed by atoms with Crippen molar-refractivity contribution in [1.82, 2.24) is 0 Å². The molecule has 1 saturated heterocycles. The third-order valence-electron chi connectivity index (χ3n) is 5.08. The molecule has 0 aromatic heterocycles. The number of nitro benzene ring substituents is 1. The third kappa shape index (κ3) is 2.29. The van der Waals surface area contributed by atoms with E-state index in [9.17, 15) is 24.4 Å². The zero-order valence-electron chi connectivity index (χ0n) is 12.6. The van der Waals surface area contributed by atoms with Crippen LogP contribution in [0.25, 0.3) is 0 Å². The second-order valence-electron chi connectivity index (χ2n) is 6.16. The highest BCUT2D eigenvalue weighted by molar-refractivity contribution is 5.79. The van der Waals surface area contributed by atoms with Gasteiger partial charge in [-0.3, -0.25) is 14.9 Å². The van der Waals surface area contributed by atoms with Gasteiger partial charge >= 0.3 is 5.97 Å². The summed E-state index contributed by atoms with van der Waals surface area (Å²) in [6.45, 7) is 0.616. The molecule has 0 radical (unpaired) electrons. The van der Waals surface area contributed by atoms with Gasteiger partial charge in [-0.1, -0.05) is 6.42 Å². The Morgan fingerprint density at radius 2 is 2.30 bits per heavy atom. The molecule has 124 valence electrons. The molecule has 8 heteroatoms. The smallest absolute Gasteiger partial charge is 0.311 e. The van der Waals surface area contributed by atoms with E-state index in [1.54, 1.807) is 4.90 Å². The van der Waals surface area contributed by atoms with Gasteiger partial charge < -0.3 is 14.7 Å². The SMILES string of the molecule is COc1cc(N2C[C@@H]3CCC[C@@]3(C(=O)O)C2)c([N+](=O)[O-])cc1F. The molecule has 2 atom stereocenters. The number of carboxylic acid groups (broad SMARTS) is 1. The van der Waals surface area contributed by atoms with Crippen LogP contribution in [0.2, 0.25) is 0 Å². The number of hydrogen-bond donors (Lipinski definition) is 1. The Morgan fingerprint density at radius 3 is 2.87 bits per heavy atom. The lowest BCUT2D eigenvalue weighted by molar-refractivity contribution is -0.384. The Balaban J connectivity index is 2.03. The summed E-state index contributed by atoms with van der Waals surface area (Å²) in [4.78, 5) is 24.0. The number of hydrogen-bond acceptors (Lipinski definition) is 5. The fourth-order valence-corrected chi connectivity index (χ4v) is 3.91. The molecule has 1 aliphatic carbocycles. The fourth-order valence-electron chi connectivity index (χ4n) is 3.91. The van der Waals surface area contributed by atoms with Crippen LogP contribution in [0, 0.1) is 27.3 Å². The van der Waals surface area contributed by atoms with E-state index in [1.165, 1.54) is 13.2 Å². The number of halogens is 1. The molecule has 1 heterocycles. The zero-order valence-corrected chi connectivity index (χ0v) is 12.6. The highest BCUT2D eigenvalue weighted by Gasteiger charge is 2.55. The molecule has 0 unspecified atom stereocenters. The summed E-state index contributed by atoms with van der Waals surface area (Å²) in [6, 6.07) is 2.11. The molecular weight excluding hydrogens is 307 g/mol. The largest absolute Gasteiger partial charge is 0.494 e. The van der Waals surface area contributed by atoms with Crippen molar-refractivity contribution in [2.75, 3.05) is 25.1 Å². The van der Waals surface area contributed by atoms with Crippen molar-refractivity contribution in [2.24, 2.45) is 11.3 Å². The number of ether oxygens (including phenoxy) is 1. The molecule has 0 spiro atoms. The van der Waals surface area contributed by atoms with Crippen LogP contribution in [0.3, 0.4) is 0 Å². The van der Waals surface area contributed by atoms with Crippen LogP contribution in [-0.4, -0.2) is 36.2 Å². The van der Waals surface area contributed by atoms with E-state index in [2.05, 4.69) is 0 Å². The second kappa shape index (κ2) is 5.36. The van der Waals surface area contributed by atoms with E-state index in [0.29, 0.717) is 13.0 Å². The molecule has 0 amide bonds. The van der Waals surface area contributed by atoms with Crippen molar-refractivity contribution < 1.29 is 24.0 Å². The van der Waals surface area contributed by atoms with E-state index in [-0.39, 0.29) is 29.6 Å². The fraction of sp³-hybridized carbons (Fsp3) is 0.533. The Morgan fingerprint density at radius 1 is 1.57 bits per heavy atom. The molecule has 3 rings (SSSR count). The summed E-state index contributed by atoms with van der Waals surface area (Å²) in [5.41, 5.74) is -1.03. The molecule has 1 aliphatic heterocycles. The van der Waals surface area contributed by atoms with Crippen LogP contribution in [0.4, 0.5) is 15.8 Å². The maximum Gasteiger partial charge on any atom is 0.311 e. The summed E-state index contributed by atoms with van der Waals surface area (Å²) < 4.78 is 18.7. The quantitative estimate of drug-likeness (QED) is 0.675. The van der Waals surface area contributed by atoms with Gasteiger partial charge in [0.25, 0.3) is 5.69 Å². The predicted molar refractivity (Wildman–Crippen MR) is 79.2 cm³/mol. The second-order valence-corrected chi connectivity index (χ2v) is 6.16.